The van der Waals surface area contributed by atoms with E-state index >= 15 is 0 Å². The zero-order chi connectivity index (χ0) is 10.7. The van der Waals surface area contributed by atoms with Crippen LogP contribution in [0.4, 0.5) is 0 Å². The van der Waals surface area contributed by atoms with Crippen molar-refractivity contribution in [2.24, 2.45) is 5.92 Å². The zero-order valence-electron chi connectivity index (χ0n) is 9.28. The number of hydrogen-bond donors (Lipinski definition) is 1. The number of rotatable bonds is 6. The third-order valence-electron chi connectivity index (χ3n) is 2.93. The molecule has 0 radical (unpaired) electrons. The first-order valence-electron chi connectivity index (χ1n) is 5.71. The Morgan fingerprint density at radius 1 is 1.67 bits per heavy atom. The van der Waals surface area contributed by atoms with Crippen molar-refractivity contribution in [2.45, 2.75) is 38.3 Å². The molecule has 1 nitrogen and oxygen atoms in total. The van der Waals surface area contributed by atoms with E-state index in [9.17, 15) is 0 Å². The summed E-state index contributed by atoms with van der Waals surface area (Å²) in [6.07, 6.45) is 5.82. The molecular weight excluding hydrogens is 202 g/mol. The average Bonchev–Trinajstić information content (AvgIpc) is 2.90. The van der Waals surface area contributed by atoms with Gasteiger partial charge in [0.1, 0.15) is 0 Å². The molecule has 2 rings (SSSR count). The average molecular weight is 221 g/mol. The molecule has 1 aromatic rings. The van der Waals surface area contributed by atoms with Gasteiger partial charge in [0.2, 0.25) is 0 Å². The van der Waals surface area contributed by atoms with Gasteiger partial charge in [-0.1, -0.05) is 12.1 Å². The summed E-state index contributed by atoms with van der Waals surface area (Å²) in [5.41, 5.74) is 0. The van der Waals surface area contributed by atoms with Crippen molar-refractivity contribution < 1.29 is 0 Å². The smallest absolute Gasteiger partial charge is 0.0445 e. The van der Waals surface area contributed by atoms with Crippen LogP contribution in [0.25, 0.3) is 0 Å². The molecule has 0 aliphatic heterocycles. The van der Waals surface area contributed by atoms with Crippen molar-refractivity contribution in [3.8, 4) is 0 Å². The maximum Gasteiger partial charge on any atom is 0.0445 e. The van der Waals surface area contributed by atoms with Crippen LogP contribution in [0.3, 0.4) is 0 Å². The van der Waals surface area contributed by atoms with Crippen LogP contribution in [-0.2, 0) is 0 Å². The SMILES string of the molecule is C=CCC(C)NC(c1cccs1)C1CC1. The first-order chi connectivity index (χ1) is 7.31. The number of hydrogen-bond acceptors (Lipinski definition) is 2. The van der Waals surface area contributed by atoms with E-state index in [4.69, 9.17) is 0 Å². The summed E-state index contributed by atoms with van der Waals surface area (Å²) in [4.78, 5) is 1.49. The lowest BCUT2D eigenvalue weighted by Gasteiger charge is -2.21. The third-order valence-corrected chi connectivity index (χ3v) is 3.88. The van der Waals surface area contributed by atoms with Crippen LogP contribution in [0.5, 0.6) is 0 Å². The predicted octanol–water partition coefficient (Wildman–Crippen LogP) is 3.75. The van der Waals surface area contributed by atoms with Gasteiger partial charge in [-0.3, -0.25) is 0 Å². The van der Waals surface area contributed by atoms with E-state index in [0.29, 0.717) is 12.1 Å². The van der Waals surface area contributed by atoms with Crippen LogP contribution in [0, 0.1) is 5.92 Å². The third kappa shape index (κ3) is 2.93. The Kier molecular flexibility index (Phi) is 3.60. The number of nitrogens with one attached hydrogen (secondary N) is 1. The Labute approximate surface area is 96.2 Å². The van der Waals surface area contributed by atoms with Crippen molar-refractivity contribution >= 4 is 11.3 Å². The van der Waals surface area contributed by atoms with Crippen LogP contribution in [-0.4, -0.2) is 6.04 Å². The number of thiophene rings is 1. The Bertz CT molecular complexity index is 300. The minimum atomic E-state index is 0.537. The first-order valence-corrected chi connectivity index (χ1v) is 6.59. The van der Waals surface area contributed by atoms with E-state index < -0.39 is 0 Å². The highest BCUT2D eigenvalue weighted by atomic mass is 32.1. The minimum absolute atomic E-state index is 0.537. The molecule has 0 amide bonds. The molecule has 0 saturated heterocycles. The summed E-state index contributed by atoms with van der Waals surface area (Å²) in [6.45, 7) is 6.03. The molecule has 1 aromatic heterocycles. The second-order valence-corrected chi connectivity index (χ2v) is 5.40. The molecule has 0 spiro atoms. The van der Waals surface area contributed by atoms with Crippen LogP contribution in [0.1, 0.15) is 37.1 Å². The van der Waals surface area contributed by atoms with E-state index in [1.165, 1.54) is 17.7 Å². The monoisotopic (exact) mass is 221 g/mol. The van der Waals surface area contributed by atoms with Gasteiger partial charge in [0.25, 0.3) is 0 Å². The summed E-state index contributed by atoms with van der Waals surface area (Å²) in [5, 5.41) is 5.89. The molecule has 1 aliphatic rings. The van der Waals surface area contributed by atoms with Gasteiger partial charge in [0.05, 0.1) is 0 Å². The van der Waals surface area contributed by atoms with E-state index in [1.54, 1.807) is 0 Å². The van der Waals surface area contributed by atoms with Gasteiger partial charge in [-0.05, 0) is 43.6 Å². The van der Waals surface area contributed by atoms with Crippen LogP contribution >= 0.6 is 11.3 Å². The largest absolute Gasteiger partial charge is 0.306 e. The van der Waals surface area contributed by atoms with Gasteiger partial charge >= 0.3 is 0 Å². The van der Waals surface area contributed by atoms with Gasteiger partial charge in [-0.2, -0.15) is 0 Å². The molecular formula is C13H19NS. The molecule has 82 valence electrons. The van der Waals surface area contributed by atoms with Crippen LogP contribution < -0.4 is 5.32 Å². The lowest BCUT2D eigenvalue weighted by atomic mass is 10.1. The maximum atomic E-state index is 3.79. The fourth-order valence-electron chi connectivity index (χ4n) is 1.97. The van der Waals surface area contributed by atoms with E-state index in [2.05, 4.69) is 36.3 Å². The Morgan fingerprint density at radius 2 is 2.47 bits per heavy atom. The Balaban J connectivity index is 1.97. The van der Waals surface area contributed by atoms with Gasteiger partial charge < -0.3 is 5.32 Å². The second kappa shape index (κ2) is 4.95. The molecule has 1 fully saturated rings. The quantitative estimate of drug-likeness (QED) is 0.721. The summed E-state index contributed by atoms with van der Waals surface area (Å²) >= 11 is 1.87. The highest BCUT2D eigenvalue weighted by Crippen LogP contribution is 2.42. The van der Waals surface area contributed by atoms with Crippen molar-refractivity contribution in [3.05, 3.63) is 35.0 Å². The lowest BCUT2D eigenvalue weighted by molar-refractivity contribution is 0.426. The van der Waals surface area contributed by atoms with E-state index in [0.717, 1.165) is 12.3 Å². The first kappa shape index (κ1) is 10.9. The highest BCUT2D eigenvalue weighted by molar-refractivity contribution is 7.10. The topological polar surface area (TPSA) is 12.0 Å². The molecule has 1 heterocycles. The van der Waals surface area contributed by atoms with Crippen molar-refractivity contribution in [1.82, 2.24) is 5.32 Å². The lowest BCUT2D eigenvalue weighted by Crippen LogP contribution is -2.30. The van der Waals surface area contributed by atoms with Crippen molar-refractivity contribution in [1.29, 1.82) is 0 Å². The van der Waals surface area contributed by atoms with Gasteiger partial charge in [-0.15, -0.1) is 17.9 Å². The summed E-state index contributed by atoms with van der Waals surface area (Å²) < 4.78 is 0. The molecule has 2 unspecified atom stereocenters. The molecule has 1 aliphatic carbocycles. The summed E-state index contributed by atoms with van der Waals surface area (Å²) in [6, 6.07) is 5.52. The van der Waals surface area contributed by atoms with Gasteiger partial charge in [-0.25, -0.2) is 0 Å². The standard InChI is InChI=1S/C13H19NS/c1-3-5-10(2)14-13(11-7-8-11)12-6-4-9-15-12/h3-4,6,9-11,13-14H,1,5,7-8H2,2H3. The fourth-order valence-corrected chi connectivity index (χ4v) is 2.85. The summed E-state index contributed by atoms with van der Waals surface area (Å²) in [5.74, 6) is 0.871. The fraction of sp³-hybridized carbons (Fsp3) is 0.538. The van der Waals surface area contributed by atoms with Crippen molar-refractivity contribution in [2.75, 3.05) is 0 Å². The summed E-state index contributed by atoms with van der Waals surface area (Å²) in [7, 11) is 0. The van der Waals surface area contributed by atoms with Gasteiger partial charge in [0, 0.05) is 17.0 Å². The molecule has 1 saturated carbocycles. The minimum Gasteiger partial charge on any atom is -0.306 e. The molecule has 15 heavy (non-hydrogen) atoms. The molecule has 0 aromatic carbocycles. The zero-order valence-corrected chi connectivity index (χ0v) is 10.1. The normalized spacial score (nSPS) is 19.8. The Morgan fingerprint density at radius 3 is 3.00 bits per heavy atom. The molecule has 2 atom stereocenters. The van der Waals surface area contributed by atoms with Crippen molar-refractivity contribution in [3.63, 3.8) is 0 Å². The highest BCUT2D eigenvalue weighted by Gasteiger charge is 2.33. The molecule has 1 N–H and O–H groups in total. The Hall–Kier alpha value is -0.600. The molecule has 0 bridgehead atoms. The van der Waals surface area contributed by atoms with Crippen LogP contribution in [0.15, 0.2) is 30.2 Å². The predicted molar refractivity (Wildman–Crippen MR) is 67.2 cm³/mol. The van der Waals surface area contributed by atoms with Crippen LogP contribution in [0.2, 0.25) is 0 Å². The molecule has 2 heteroatoms. The van der Waals surface area contributed by atoms with E-state index in [-0.39, 0.29) is 0 Å². The van der Waals surface area contributed by atoms with Gasteiger partial charge in [0.15, 0.2) is 0 Å². The second-order valence-electron chi connectivity index (χ2n) is 4.42. The maximum absolute atomic E-state index is 3.79. The van der Waals surface area contributed by atoms with E-state index in [1.807, 2.05) is 17.4 Å².